The first-order valence-corrected chi connectivity index (χ1v) is 10.2. The van der Waals surface area contributed by atoms with Gasteiger partial charge in [0.1, 0.15) is 6.54 Å². The Kier molecular flexibility index (Phi) is 8.16. The van der Waals surface area contributed by atoms with Gasteiger partial charge in [-0.2, -0.15) is 0 Å². The van der Waals surface area contributed by atoms with Gasteiger partial charge in [0.25, 0.3) is 11.8 Å². The normalized spacial score (nSPS) is 12.6. The average Bonchev–Trinajstić information content (AvgIpc) is 2.73. The number of amides is 2. The molecule has 160 valence electrons. The van der Waals surface area contributed by atoms with Gasteiger partial charge in [0.05, 0.1) is 0 Å². The van der Waals surface area contributed by atoms with Crippen LogP contribution in [0.1, 0.15) is 60.2 Å². The van der Waals surface area contributed by atoms with Gasteiger partial charge in [-0.05, 0) is 68.0 Å². The summed E-state index contributed by atoms with van der Waals surface area (Å²) in [5, 5.41) is 5.36. The molecule has 0 fully saturated rings. The minimum Gasteiger partial charge on any atom is -0.451 e. The summed E-state index contributed by atoms with van der Waals surface area (Å²) in [5.74, 6) is -1.17. The number of carbonyl (C=O) groups excluding carboxylic acids is 3. The number of hydrogen-bond acceptors (Lipinski definition) is 4. The van der Waals surface area contributed by atoms with Crippen molar-refractivity contribution < 1.29 is 19.1 Å². The highest BCUT2D eigenvalue weighted by molar-refractivity contribution is 5.97. The lowest BCUT2D eigenvalue weighted by Crippen LogP contribution is -2.36. The second-order valence-corrected chi connectivity index (χ2v) is 7.50. The Balaban J connectivity index is 1.89. The van der Waals surface area contributed by atoms with Crippen molar-refractivity contribution in [1.82, 2.24) is 5.32 Å². The summed E-state index contributed by atoms with van der Waals surface area (Å²) in [6.45, 7) is 9.24. The van der Waals surface area contributed by atoms with Gasteiger partial charge in [-0.25, -0.2) is 0 Å². The van der Waals surface area contributed by atoms with E-state index in [1.165, 1.54) is 6.92 Å². The van der Waals surface area contributed by atoms with Crippen LogP contribution >= 0.6 is 0 Å². The van der Waals surface area contributed by atoms with Crippen molar-refractivity contribution in [3.8, 4) is 0 Å². The second-order valence-electron chi connectivity index (χ2n) is 7.50. The van der Waals surface area contributed by atoms with Crippen molar-refractivity contribution in [2.45, 2.75) is 53.1 Å². The Bertz CT molecular complexity index is 923. The molecule has 0 saturated heterocycles. The maximum atomic E-state index is 12.5. The third-order valence-electron chi connectivity index (χ3n) is 5.20. The molecule has 2 aromatic rings. The Morgan fingerprint density at radius 3 is 2.37 bits per heavy atom. The Labute approximate surface area is 178 Å². The first kappa shape index (κ1) is 23.1. The van der Waals surface area contributed by atoms with Gasteiger partial charge in [0, 0.05) is 11.3 Å². The first-order chi connectivity index (χ1) is 14.2. The van der Waals surface area contributed by atoms with Crippen molar-refractivity contribution in [3.63, 3.8) is 0 Å². The third kappa shape index (κ3) is 6.17. The van der Waals surface area contributed by atoms with Gasteiger partial charge in [-0.15, -0.1) is 0 Å². The summed E-state index contributed by atoms with van der Waals surface area (Å²) in [7, 11) is 0. The lowest BCUT2D eigenvalue weighted by molar-refractivity contribution is -0.152. The van der Waals surface area contributed by atoms with Gasteiger partial charge in [0.15, 0.2) is 6.10 Å². The molecule has 0 aliphatic carbocycles. The summed E-state index contributed by atoms with van der Waals surface area (Å²) in [6.07, 6.45) is -0.0431. The molecule has 2 atom stereocenters. The van der Waals surface area contributed by atoms with Crippen LogP contribution in [0, 0.1) is 13.8 Å². The van der Waals surface area contributed by atoms with Gasteiger partial charge in [-0.1, -0.05) is 38.1 Å². The number of nitrogens with one attached hydrogen (secondary N) is 2. The quantitative estimate of drug-likeness (QED) is 0.641. The highest BCUT2D eigenvalue weighted by Gasteiger charge is 2.20. The molecule has 0 unspecified atom stereocenters. The maximum absolute atomic E-state index is 12.5. The Morgan fingerprint density at radius 2 is 1.70 bits per heavy atom. The van der Waals surface area contributed by atoms with Crippen LogP contribution in [0.25, 0.3) is 0 Å². The zero-order chi connectivity index (χ0) is 22.3. The number of esters is 1. The highest BCUT2D eigenvalue weighted by Crippen LogP contribution is 2.26. The summed E-state index contributed by atoms with van der Waals surface area (Å²) >= 11 is 0. The molecule has 0 bridgehead atoms. The molecular weight excluding hydrogens is 380 g/mol. The van der Waals surface area contributed by atoms with Crippen LogP contribution in [0.2, 0.25) is 0 Å². The number of para-hydroxylation sites is 1. The van der Waals surface area contributed by atoms with Gasteiger partial charge < -0.3 is 15.4 Å². The van der Waals surface area contributed by atoms with E-state index >= 15 is 0 Å². The third-order valence-corrected chi connectivity index (χ3v) is 5.20. The molecule has 0 saturated carbocycles. The lowest BCUT2D eigenvalue weighted by Gasteiger charge is -2.18. The molecule has 0 radical (unpaired) electrons. The van der Waals surface area contributed by atoms with Crippen LogP contribution in [-0.4, -0.2) is 30.4 Å². The summed E-state index contributed by atoms with van der Waals surface area (Å²) in [4.78, 5) is 36.7. The zero-order valence-corrected chi connectivity index (χ0v) is 18.2. The van der Waals surface area contributed by atoms with Gasteiger partial charge in [0.2, 0.25) is 0 Å². The van der Waals surface area contributed by atoms with E-state index in [0.717, 1.165) is 23.1 Å². The topological polar surface area (TPSA) is 84.5 Å². The lowest BCUT2D eigenvalue weighted by atomic mass is 9.97. The molecule has 2 rings (SSSR count). The number of aryl methyl sites for hydroxylation is 2. The zero-order valence-electron chi connectivity index (χ0n) is 18.2. The van der Waals surface area contributed by atoms with E-state index in [0.29, 0.717) is 17.2 Å². The monoisotopic (exact) mass is 410 g/mol. The smallest absolute Gasteiger partial charge is 0.326 e. The second kappa shape index (κ2) is 10.6. The van der Waals surface area contributed by atoms with Crippen LogP contribution in [0.3, 0.4) is 0 Å². The van der Waals surface area contributed by atoms with Gasteiger partial charge >= 0.3 is 5.97 Å². The average molecular weight is 411 g/mol. The van der Waals surface area contributed by atoms with Gasteiger partial charge in [-0.3, -0.25) is 14.4 Å². The fourth-order valence-electron chi connectivity index (χ4n) is 2.92. The molecule has 2 amide bonds. The SMILES string of the molecule is CC[C@@H](C)c1ccccc1NC(=O)[C@H](C)OC(=O)CNC(=O)c1ccc(C)c(C)c1. The molecule has 0 aromatic heterocycles. The van der Waals surface area contributed by atoms with E-state index < -0.39 is 18.0 Å². The van der Waals surface area contributed by atoms with Crippen molar-refractivity contribution in [2.75, 3.05) is 11.9 Å². The fraction of sp³-hybridized carbons (Fsp3) is 0.375. The molecule has 0 spiro atoms. The van der Waals surface area contributed by atoms with E-state index in [-0.39, 0.29) is 12.5 Å². The highest BCUT2D eigenvalue weighted by atomic mass is 16.5. The summed E-state index contributed by atoms with van der Waals surface area (Å²) in [5.41, 5.74) is 4.29. The molecular formula is C24H30N2O4. The molecule has 2 N–H and O–H groups in total. The molecule has 0 heterocycles. The number of carbonyl (C=O) groups is 3. The Morgan fingerprint density at radius 1 is 1.00 bits per heavy atom. The predicted octanol–water partition coefficient (Wildman–Crippen LogP) is 4.12. The van der Waals surface area contributed by atoms with Crippen molar-refractivity contribution in [1.29, 1.82) is 0 Å². The molecule has 6 nitrogen and oxygen atoms in total. The minimum atomic E-state index is -0.985. The van der Waals surface area contributed by atoms with E-state index in [4.69, 9.17) is 4.74 Å². The largest absolute Gasteiger partial charge is 0.451 e. The van der Waals surface area contributed by atoms with Crippen LogP contribution < -0.4 is 10.6 Å². The van der Waals surface area contributed by atoms with E-state index in [2.05, 4.69) is 24.5 Å². The maximum Gasteiger partial charge on any atom is 0.326 e. The number of benzene rings is 2. The molecule has 0 aliphatic heterocycles. The van der Waals surface area contributed by atoms with E-state index in [1.807, 2.05) is 44.2 Å². The van der Waals surface area contributed by atoms with Crippen molar-refractivity contribution in [3.05, 3.63) is 64.7 Å². The standard InChI is InChI=1S/C24H30N2O4/c1-6-15(2)20-9-7-8-10-21(20)26-23(28)18(5)30-22(27)14-25-24(29)19-12-11-16(3)17(4)13-19/h7-13,15,18H,6,14H2,1-5H3,(H,25,29)(H,26,28)/t15-,18+/m1/s1. The summed E-state index contributed by atoms with van der Waals surface area (Å²) < 4.78 is 5.17. The number of ether oxygens (including phenoxy) is 1. The van der Waals surface area contributed by atoms with Crippen LogP contribution in [0.4, 0.5) is 5.69 Å². The first-order valence-electron chi connectivity index (χ1n) is 10.2. The Hall–Kier alpha value is -3.15. The van der Waals surface area contributed by atoms with Crippen molar-refractivity contribution >= 4 is 23.5 Å². The fourth-order valence-corrected chi connectivity index (χ4v) is 2.92. The predicted molar refractivity (Wildman–Crippen MR) is 118 cm³/mol. The molecule has 6 heteroatoms. The van der Waals surface area contributed by atoms with Crippen LogP contribution in [0.5, 0.6) is 0 Å². The molecule has 30 heavy (non-hydrogen) atoms. The van der Waals surface area contributed by atoms with Crippen molar-refractivity contribution in [2.24, 2.45) is 0 Å². The number of anilines is 1. The molecule has 2 aromatic carbocycles. The minimum absolute atomic E-state index is 0.292. The van der Waals surface area contributed by atoms with E-state index in [1.54, 1.807) is 12.1 Å². The number of rotatable bonds is 8. The van der Waals surface area contributed by atoms with E-state index in [9.17, 15) is 14.4 Å². The van der Waals surface area contributed by atoms with Crippen LogP contribution in [0.15, 0.2) is 42.5 Å². The number of hydrogen-bond donors (Lipinski definition) is 2. The van der Waals surface area contributed by atoms with Crippen LogP contribution in [-0.2, 0) is 14.3 Å². The summed E-state index contributed by atoms with van der Waals surface area (Å²) in [6, 6.07) is 12.9. The molecule has 0 aliphatic rings.